The standard InChI is InChI=1S/C10H22O2/c1-6(2)9(11)8(5)10(12)7(3)4/h6-12H,1-5H3/t9-,10-/m0/s1. The minimum atomic E-state index is -0.401. The second-order valence-corrected chi connectivity index (χ2v) is 4.33. The molecule has 0 aliphatic carbocycles. The molecule has 0 fully saturated rings. The van der Waals surface area contributed by atoms with Crippen molar-refractivity contribution in [2.75, 3.05) is 0 Å². The molecule has 2 heteroatoms. The van der Waals surface area contributed by atoms with E-state index in [0.29, 0.717) is 0 Å². The maximum absolute atomic E-state index is 9.65. The lowest BCUT2D eigenvalue weighted by Gasteiger charge is -2.28. The van der Waals surface area contributed by atoms with E-state index in [-0.39, 0.29) is 17.8 Å². The summed E-state index contributed by atoms with van der Waals surface area (Å²) >= 11 is 0. The fourth-order valence-corrected chi connectivity index (χ4v) is 1.42. The Bertz CT molecular complexity index is 107. The number of hydrogen-bond donors (Lipinski definition) is 2. The van der Waals surface area contributed by atoms with Crippen molar-refractivity contribution in [3.8, 4) is 0 Å². The normalized spacial score (nSPS) is 19.8. The number of rotatable bonds is 4. The lowest BCUT2D eigenvalue weighted by molar-refractivity contribution is -0.0215. The Kier molecular flexibility index (Phi) is 4.80. The van der Waals surface area contributed by atoms with Crippen molar-refractivity contribution in [2.45, 2.75) is 46.8 Å². The summed E-state index contributed by atoms with van der Waals surface area (Å²) in [5.74, 6) is 0.395. The molecule has 0 spiro atoms. The van der Waals surface area contributed by atoms with Crippen LogP contribution in [0.5, 0.6) is 0 Å². The van der Waals surface area contributed by atoms with Crippen molar-refractivity contribution < 1.29 is 10.2 Å². The van der Waals surface area contributed by atoms with Crippen molar-refractivity contribution in [3.05, 3.63) is 0 Å². The van der Waals surface area contributed by atoms with E-state index in [2.05, 4.69) is 0 Å². The fourth-order valence-electron chi connectivity index (χ4n) is 1.42. The summed E-state index contributed by atoms with van der Waals surface area (Å²) in [6.45, 7) is 9.76. The molecule has 0 aromatic rings. The van der Waals surface area contributed by atoms with E-state index in [9.17, 15) is 10.2 Å². The predicted molar refractivity (Wildman–Crippen MR) is 50.9 cm³/mol. The van der Waals surface area contributed by atoms with Crippen molar-refractivity contribution in [1.29, 1.82) is 0 Å². The van der Waals surface area contributed by atoms with Gasteiger partial charge in [-0.2, -0.15) is 0 Å². The zero-order valence-corrected chi connectivity index (χ0v) is 8.78. The first kappa shape index (κ1) is 11.9. The lowest BCUT2D eigenvalue weighted by atomic mass is 9.86. The van der Waals surface area contributed by atoms with Gasteiger partial charge in [0.25, 0.3) is 0 Å². The van der Waals surface area contributed by atoms with Crippen LogP contribution in [0.3, 0.4) is 0 Å². The van der Waals surface area contributed by atoms with Crippen molar-refractivity contribution in [3.63, 3.8) is 0 Å². The highest BCUT2D eigenvalue weighted by atomic mass is 16.3. The van der Waals surface area contributed by atoms with Crippen LogP contribution in [0.2, 0.25) is 0 Å². The van der Waals surface area contributed by atoms with E-state index < -0.39 is 12.2 Å². The van der Waals surface area contributed by atoms with Crippen LogP contribution in [0.1, 0.15) is 34.6 Å². The zero-order valence-electron chi connectivity index (χ0n) is 8.78. The van der Waals surface area contributed by atoms with E-state index in [1.165, 1.54) is 0 Å². The smallest absolute Gasteiger partial charge is 0.0613 e. The highest BCUT2D eigenvalue weighted by molar-refractivity contribution is 4.76. The molecule has 0 radical (unpaired) electrons. The Balaban J connectivity index is 4.08. The maximum atomic E-state index is 9.65. The van der Waals surface area contributed by atoms with Crippen LogP contribution in [0.4, 0.5) is 0 Å². The topological polar surface area (TPSA) is 40.5 Å². The van der Waals surface area contributed by atoms with Gasteiger partial charge in [0.2, 0.25) is 0 Å². The van der Waals surface area contributed by atoms with Crippen LogP contribution < -0.4 is 0 Å². The SMILES string of the molecule is CC(C)[C@H](O)C(C)[C@@H](O)C(C)C. The largest absolute Gasteiger partial charge is 0.392 e. The third-order valence-corrected chi connectivity index (χ3v) is 2.44. The number of hydrogen-bond acceptors (Lipinski definition) is 2. The minimum absolute atomic E-state index is 0.0370. The summed E-state index contributed by atoms with van der Waals surface area (Å²) in [5.41, 5.74) is 0. The van der Waals surface area contributed by atoms with E-state index in [4.69, 9.17) is 0 Å². The van der Waals surface area contributed by atoms with Gasteiger partial charge in [0, 0.05) is 5.92 Å². The fraction of sp³-hybridized carbons (Fsp3) is 1.00. The van der Waals surface area contributed by atoms with Crippen molar-refractivity contribution in [2.24, 2.45) is 17.8 Å². The monoisotopic (exact) mass is 174 g/mol. The quantitative estimate of drug-likeness (QED) is 0.680. The third-order valence-electron chi connectivity index (χ3n) is 2.44. The van der Waals surface area contributed by atoms with E-state index in [1.54, 1.807) is 0 Å². The molecule has 2 N–H and O–H groups in total. The lowest BCUT2D eigenvalue weighted by Crippen LogP contribution is -2.35. The zero-order chi connectivity index (χ0) is 9.89. The van der Waals surface area contributed by atoms with Crippen LogP contribution >= 0.6 is 0 Å². The molecule has 0 aliphatic heterocycles. The molecule has 0 heterocycles. The third kappa shape index (κ3) is 3.11. The van der Waals surface area contributed by atoms with Gasteiger partial charge in [0.1, 0.15) is 0 Å². The first-order valence-electron chi connectivity index (χ1n) is 4.74. The minimum Gasteiger partial charge on any atom is -0.392 e. The second-order valence-electron chi connectivity index (χ2n) is 4.33. The van der Waals surface area contributed by atoms with Crippen LogP contribution in [-0.4, -0.2) is 22.4 Å². The highest BCUT2D eigenvalue weighted by Crippen LogP contribution is 2.20. The van der Waals surface area contributed by atoms with Crippen molar-refractivity contribution in [1.82, 2.24) is 0 Å². The van der Waals surface area contributed by atoms with E-state index in [0.717, 1.165) is 0 Å². The van der Waals surface area contributed by atoms with Gasteiger partial charge in [-0.15, -0.1) is 0 Å². The molecule has 2 atom stereocenters. The van der Waals surface area contributed by atoms with Gasteiger partial charge >= 0.3 is 0 Å². The first-order chi connectivity index (χ1) is 5.37. The summed E-state index contributed by atoms with van der Waals surface area (Å²) in [7, 11) is 0. The molecule has 0 unspecified atom stereocenters. The number of aliphatic hydroxyl groups is 2. The van der Waals surface area contributed by atoms with Gasteiger partial charge in [-0.3, -0.25) is 0 Å². The molecule has 0 aromatic carbocycles. The molecule has 12 heavy (non-hydrogen) atoms. The molecule has 0 saturated carbocycles. The molecule has 0 saturated heterocycles. The van der Waals surface area contributed by atoms with Crippen LogP contribution in [0.25, 0.3) is 0 Å². The molecular weight excluding hydrogens is 152 g/mol. The Morgan fingerprint density at radius 2 is 0.917 bits per heavy atom. The molecule has 74 valence electrons. The summed E-state index contributed by atoms with van der Waals surface area (Å²) in [4.78, 5) is 0. The van der Waals surface area contributed by atoms with Crippen LogP contribution in [0.15, 0.2) is 0 Å². The second kappa shape index (κ2) is 4.83. The molecule has 0 aromatic heterocycles. The number of aliphatic hydroxyl groups excluding tert-OH is 2. The average molecular weight is 174 g/mol. The van der Waals surface area contributed by atoms with E-state index in [1.807, 2.05) is 34.6 Å². The molecule has 2 nitrogen and oxygen atoms in total. The molecule has 0 rings (SSSR count). The van der Waals surface area contributed by atoms with Gasteiger partial charge in [-0.1, -0.05) is 34.6 Å². The predicted octanol–water partition coefficient (Wildman–Crippen LogP) is 1.66. The highest BCUT2D eigenvalue weighted by Gasteiger charge is 2.26. The van der Waals surface area contributed by atoms with Crippen LogP contribution in [0, 0.1) is 17.8 Å². The average Bonchev–Trinajstić information content (AvgIpc) is 2.00. The van der Waals surface area contributed by atoms with E-state index >= 15 is 0 Å². The van der Waals surface area contributed by atoms with Gasteiger partial charge in [-0.05, 0) is 11.8 Å². The Morgan fingerprint density at radius 3 is 1.08 bits per heavy atom. The summed E-state index contributed by atoms with van der Waals surface area (Å²) < 4.78 is 0. The molecule has 0 amide bonds. The van der Waals surface area contributed by atoms with Gasteiger partial charge in [0.05, 0.1) is 12.2 Å². The Morgan fingerprint density at radius 1 is 0.667 bits per heavy atom. The molecule has 0 bridgehead atoms. The van der Waals surface area contributed by atoms with Gasteiger partial charge in [-0.25, -0.2) is 0 Å². The Labute approximate surface area is 75.6 Å². The van der Waals surface area contributed by atoms with Gasteiger partial charge < -0.3 is 10.2 Å². The van der Waals surface area contributed by atoms with Crippen molar-refractivity contribution >= 4 is 0 Å². The molecule has 0 aliphatic rings. The van der Waals surface area contributed by atoms with Gasteiger partial charge in [0.15, 0.2) is 0 Å². The summed E-state index contributed by atoms with van der Waals surface area (Å²) in [6.07, 6.45) is -0.801. The Hall–Kier alpha value is -0.0800. The summed E-state index contributed by atoms with van der Waals surface area (Å²) in [5, 5.41) is 19.3. The van der Waals surface area contributed by atoms with Crippen LogP contribution in [-0.2, 0) is 0 Å². The maximum Gasteiger partial charge on any atom is 0.0613 e. The first-order valence-corrected chi connectivity index (χ1v) is 4.74. The molecular formula is C10H22O2. The summed E-state index contributed by atoms with van der Waals surface area (Å²) in [6, 6.07) is 0.